The summed E-state index contributed by atoms with van der Waals surface area (Å²) in [4.78, 5) is 16.9. The van der Waals surface area contributed by atoms with Gasteiger partial charge >= 0.3 is 0 Å². The lowest BCUT2D eigenvalue weighted by atomic mass is 10.0. The number of rotatable bonds is 3. The van der Waals surface area contributed by atoms with Crippen molar-refractivity contribution in [2.75, 3.05) is 7.05 Å². The summed E-state index contributed by atoms with van der Waals surface area (Å²) in [6, 6.07) is 0.905. The van der Waals surface area contributed by atoms with Crippen molar-refractivity contribution in [1.29, 1.82) is 0 Å². The molecule has 23 heavy (non-hydrogen) atoms. The Morgan fingerprint density at radius 3 is 2.78 bits per heavy atom. The zero-order valence-electron chi connectivity index (χ0n) is 13.1. The molecule has 2 atom stereocenters. The third-order valence-electron chi connectivity index (χ3n) is 4.00. The van der Waals surface area contributed by atoms with Gasteiger partial charge in [-0.1, -0.05) is 0 Å². The molecule has 0 aliphatic carbocycles. The lowest BCUT2D eigenvalue weighted by Gasteiger charge is -2.35. The van der Waals surface area contributed by atoms with Gasteiger partial charge in [-0.2, -0.15) is 17.4 Å². The summed E-state index contributed by atoms with van der Waals surface area (Å²) in [5.41, 5.74) is 1.79. The number of carbonyl (C=O) groups is 1. The number of hydrogen-bond acceptors (Lipinski definition) is 5. The van der Waals surface area contributed by atoms with Crippen molar-refractivity contribution >= 4 is 27.3 Å². The van der Waals surface area contributed by atoms with Crippen LogP contribution in [0.5, 0.6) is 0 Å². The van der Waals surface area contributed by atoms with E-state index < -0.39 is 22.3 Å². The van der Waals surface area contributed by atoms with E-state index in [0.29, 0.717) is 6.42 Å². The number of aryl methyl sites for hydroxylation is 1. The Morgan fingerprint density at radius 2 is 2.17 bits per heavy atom. The van der Waals surface area contributed by atoms with Crippen molar-refractivity contribution in [2.45, 2.75) is 25.4 Å². The molecule has 2 aromatic heterocycles. The summed E-state index contributed by atoms with van der Waals surface area (Å²) in [6.07, 6.45) is 4.05. The predicted octanol–water partition coefficient (Wildman–Crippen LogP) is 1.32. The maximum Gasteiger partial charge on any atom is 0.280 e. The molecule has 1 saturated heterocycles. The number of nitrogens with zero attached hydrogens (tertiary/aromatic N) is 3. The second-order valence-corrected chi connectivity index (χ2v) is 8.42. The van der Waals surface area contributed by atoms with Gasteiger partial charge in [-0.3, -0.25) is 4.79 Å². The third-order valence-corrected chi connectivity index (χ3v) is 6.64. The zero-order chi connectivity index (χ0) is 16.8. The molecule has 0 radical (unpaired) electrons. The summed E-state index contributed by atoms with van der Waals surface area (Å²) >= 11 is 1.47. The summed E-state index contributed by atoms with van der Waals surface area (Å²) in [6.45, 7) is 1.42. The molecular formula is C14H18N4O3S2. The molecule has 124 valence electrons. The molecule has 0 aromatic carbocycles. The SMILES string of the molecule is CC(=O)[C@@H]1C[C@H](c2cc(-c3cn(C)cn3)cs2)NS(=O)(=O)N1C. The van der Waals surface area contributed by atoms with Crippen LogP contribution in [0.3, 0.4) is 0 Å². The molecule has 9 heteroatoms. The van der Waals surface area contributed by atoms with Gasteiger partial charge in [-0.05, 0) is 19.4 Å². The molecule has 2 aromatic rings. The van der Waals surface area contributed by atoms with Gasteiger partial charge in [-0.15, -0.1) is 11.3 Å². The summed E-state index contributed by atoms with van der Waals surface area (Å²) < 4.78 is 30.0. The Bertz CT molecular complexity index is 840. The number of aromatic nitrogens is 2. The predicted molar refractivity (Wildman–Crippen MR) is 88.2 cm³/mol. The van der Waals surface area contributed by atoms with Crippen LogP contribution in [-0.4, -0.2) is 41.1 Å². The lowest BCUT2D eigenvalue weighted by molar-refractivity contribution is -0.121. The average Bonchev–Trinajstić information content (AvgIpc) is 3.09. The monoisotopic (exact) mass is 354 g/mol. The first-order valence-electron chi connectivity index (χ1n) is 7.10. The third kappa shape index (κ3) is 3.09. The molecule has 3 heterocycles. The number of carbonyl (C=O) groups excluding carboxylic acids is 1. The molecule has 1 fully saturated rings. The normalized spacial score (nSPS) is 24.7. The minimum atomic E-state index is -3.65. The first-order chi connectivity index (χ1) is 10.8. The van der Waals surface area contributed by atoms with Crippen LogP contribution in [0, 0.1) is 0 Å². The van der Waals surface area contributed by atoms with Gasteiger partial charge in [0.2, 0.25) is 0 Å². The first-order valence-corrected chi connectivity index (χ1v) is 9.42. The summed E-state index contributed by atoms with van der Waals surface area (Å²) in [7, 11) is -0.331. The number of thiophene rings is 1. The Hall–Kier alpha value is -1.55. The highest BCUT2D eigenvalue weighted by Gasteiger charge is 2.39. The van der Waals surface area contributed by atoms with E-state index in [2.05, 4.69) is 9.71 Å². The smallest absolute Gasteiger partial charge is 0.280 e. The number of hydrogen-bond donors (Lipinski definition) is 1. The minimum Gasteiger partial charge on any atom is -0.340 e. The largest absolute Gasteiger partial charge is 0.340 e. The Kier molecular flexibility index (Phi) is 4.13. The second kappa shape index (κ2) is 5.82. The van der Waals surface area contributed by atoms with Crippen LogP contribution in [-0.2, 0) is 22.1 Å². The van der Waals surface area contributed by atoms with Gasteiger partial charge in [0.1, 0.15) is 5.78 Å². The van der Waals surface area contributed by atoms with E-state index in [1.165, 1.54) is 25.3 Å². The highest BCUT2D eigenvalue weighted by molar-refractivity contribution is 7.87. The molecule has 0 spiro atoms. The summed E-state index contributed by atoms with van der Waals surface area (Å²) in [5, 5.41) is 1.95. The fourth-order valence-corrected chi connectivity index (χ4v) is 5.04. The highest BCUT2D eigenvalue weighted by atomic mass is 32.2. The number of nitrogens with one attached hydrogen (secondary N) is 1. The number of Topliss-reactive ketones (excluding diaryl/α,β-unsaturated/α-hetero) is 1. The van der Waals surface area contributed by atoms with Gasteiger partial charge in [0.15, 0.2) is 0 Å². The van der Waals surface area contributed by atoms with E-state index in [-0.39, 0.29) is 5.78 Å². The molecule has 0 amide bonds. The molecule has 1 aliphatic rings. The van der Waals surface area contributed by atoms with Crippen molar-refractivity contribution in [3.8, 4) is 11.3 Å². The number of ketones is 1. The van der Waals surface area contributed by atoms with Crippen LogP contribution in [0.15, 0.2) is 24.0 Å². The maximum absolute atomic E-state index is 12.2. The van der Waals surface area contributed by atoms with Gasteiger partial charge in [0, 0.05) is 36.1 Å². The Morgan fingerprint density at radius 1 is 1.43 bits per heavy atom. The molecule has 0 unspecified atom stereocenters. The first kappa shape index (κ1) is 16.3. The molecule has 3 rings (SSSR count). The van der Waals surface area contributed by atoms with E-state index in [0.717, 1.165) is 20.4 Å². The maximum atomic E-state index is 12.2. The second-order valence-electron chi connectivity index (χ2n) is 5.72. The van der Waals surface area contributed by atoms with Gasteiger partial charge in [0.25, 0.3) is 10.2 Å². The van der Waals surface area contributed by atoms with Crippen LogP contribution < -0.4 is 4.72 Å². The van der Waals surface area contributed by atoms with Crippen molar-refractivity contribution in [3.05, 3.63) is 28.8 Å². The Balaban J connectivity index is 1.90. The van der Waals surface area contributed by atoms with Crippen molar-refractivity contribution in [3.63, 3.8) is 0 Å². The molecule has 1 N–H and O–H groups in total. The van der Waals surface area contributed by atoms with E-state index in [1.54, 1.807) is 6.33 Å². The van der Waals surface area contributed by atoms with Crippen molar-refractivity contribution in [1.82, 2.24) is 18.6 Å². The molecule has 0 saturated carbocycles. The fraction of sp³-hybridized carbons (Fsp3) is 0.429. The molecular weight excluding hydrogens is 336 g/mol. The van der Waals surface area contributed by atoms with Crippen LogP contribution in [0.1, 0.15) is 24.3 Å². The van der Waals surface area contributed by atoms with E-state index in [1.807, 2.05) is 29.3 Å². The minimum absolute atomic E-state index is 0.149. The van der Waals surface area contributed by atoms with Crippen LogP contribution >= 0.6 is 11.3 Å². The topological polar surface area (TPSA) is 84.3 Å². The Labute approximate surface area is 139 Å². The molecule has 1 aliphatic heterocycles. The van der Waals surface area contributed by atoms with Crippen LogP contribution in [0.25, 0.3) is 11.3 Å². The number of likely N-dealkylation sites (N-methyl/N-ethyl adjacent to an activating group) is 1. The zero-order valence-corrected chi connectivity index (χ0v) is 14.7. The van der Waals surface area contributed by atoms with Gasteiger partial charge < -0.3 is 4.57 Å². The van der Waals surface area contributed by atoms with Crippen molar-refractivity contribution < 1.29 is 13.2 Å². The van der Waals surface area contributed by atoms with Gasteiger partial charge in [0.05, 0.1) is 24.1 Å². The van der Waals surface area contributed by atoms with Crippen LogP contribution in [0.2, 0.25) is 0 Å². The van der Waals surface area contributed by atoms with E-state index in [9.17, 15) is 13.2 Å². The highest BCUT2D eigenvalue weighted by Crippen LogP contribution is 2.34. The fourth-order valence-electron chi connectivity index (χ4n) is 2.68. The average molecular weight is 354 g/mol. The lowest BCUT2D eigenvalue weighted by Crippen LogP contribution is -2.54. The summed E-state index contributed by atoms with van der Waals surface area (Å²) in [5.74, 6) is -0.149. The molecule has 0 bridgehead atoms. The van der Waals surface area contributed by atoms with E-state index in [4.69, 9.17) is 0 Å². The van der Waals surface area contributed by atoms with E-state index >= 15 is 0 Å². The quantitative estimate of drug-likeness (QED) is 0.901. The molecule has 7 nitrogen and oxygen atoms in total. The standard InChI is InChI=1S/C14H18N4O3S2/c1-9(19)13-5-11(16-23(20,21)18(13)3)14-4-10(7-22-14)12-6-17(2)8-15-12/h4,6-8,11,13,16H,5H2,1-3H3/t11-,13+/m1/s1. The van der Waals surface area contributed by atoms with Crippen LogP contribution in [0.4, 0.5) is 0 Å². The number of imidazole rings is 1. The van der Waals surface area contributed by atoms with Crippen molar-refractivity contribution in [2.24, 2.45) is 7.05 Å². The van der Waals surface area contributed by atoms with Gasteiger partial charge in [-0.25, -0.2) is 4.98 Å².